The van der Waals surface area contributed by atoms with Crippen LogP contribution in [0.15, 0.2) is 18.2 Å². The predicted molar refractivity (Wildman–Crippen MR) is 69.5 cm³/mol. The molecule has 17 heavy (non-hydrogen) atoms. The first kappa shape index (κ1) is 12.4. The van der Waals surface area contributed by atoms with Crippen LogP contribution < -0.4 is 10.6 Å². The Labute approximate surface area is 107 Å². The second-order valence-corrected chi connectivity index (χ2v) is 4.91. The third-order valence-corrected chi connectivity index (χ3v) is 3.30. The van der Waals surface area contributed by atoms with Crippen LogP contribution in [0, 0.1) is 6.92 Å². The summed E-state index contributed by atoms with van der Waals surface area (Å²) in [6.45, 7) is 3.81. The van der Waals surface area contributed by atoms with E-state index in [4.69, 9.17) is 11.6 Å². The molecular formula is C13H17ClN2O. The van der Waals surface area contributed by atoms with Gasteiger partial charge >= 0.3 is 0 Å². The predicted octanol–water partition coefficient (Wildman–Crippen LogP) is 2.13. The van der Waals surface area contributed by atoms with Crippen molar-refractivity contribution in [3.8, 4) is 0 Å². The smallest absolute Gasteiger partial charge is 0.251 e. The fourth-order valence-electron chi connectivity index (χ4n) is 2.12. The lowest BCUT2D eigenvalue weighted by atomic mass is 10.1. The van der Waals surface area contributed by atoms with Crippen molar-refractivity contribution in [1.29, 1.82) is 0 Å². The molecule has 1 aromatic carbocycles. The summed E-state index contributed by atoms with van der Waals surface area (Å²) in [5.74, 6) is -0.00660. The van der Waals surface area contributed by atoms with E-state index in [1.165, 1.54) is 0 Å². The topological polar surface area (TPSA) is 41.1 Å². The van der Waals surface area contributed by atoms with E-state index in [1.807, 2.05) is 13.0 Å². The van der Waals surface area contributed by atoms with Crippen molar-refractivity contribution >= 4 is 17.5 Å². The van der Waals surface area contributed by atoms with Gasteiger partial charge in [0.25, 0.3) is 5.91 Å². The van der Waals surface area contributed by atoms with Crippen molar-refractivity contribution < 1.29 is 4.79 Å². The van der Waals surface area contributed by atoms with Crippen LogP contribution in [0.3, 0.4) is 0 Å². The average Bonchev–Trinajstić information content (AvgIpc) is 2.30. The maximum atomic E-state index is 12.1. The van der Waals surface area contributed by atoms with Gasteiger partial charge in [-0.05, 0) is 50.1 Å². The maximum Gasteiger partial charge on any atom is 0.251 e. The lowest BCUT2D eigenvalue weighted by Crippen LogP contribution is -2.45. The van der Waals surface area contributed by atoms with E-state index in [0.29, 0.717) is 10.6 Å². The normalized spacial score (nSPS) is 20.0. The third-order valence-electron chi connectivity index (χ3n) is 3.07. The van der Waals surface area contributed by atoms with Gasteiger partial charge < -0.3 is 10.6 Å². The first-order chi connectivity index (χ1) is 8.16. The molecule has 0 aromatic heterocycles. The molecular weight excluding hydrogens is 236 g/mol. The Morgan fingerprint density at radius 3 is 3.00 bits per heavy atom. The molecule has 4 heteroatoms. The third kappa shape index (κ3) is 3.20. The van der Waals surface area contributed by atoms with Gasteiger partial charge in [-0.2, -0.15) is 0 Å². The van der Waals surface area contributed by atoms with Crippen LogP contribution in [-0.2, 0) is 0 Å². The summed E-state index contributed by atoms with van der Waals surface area (Å²) in [6.07, 6.45) is 2.16. The van der Waals surface area contributed by atoms with Gasteiger partial charge in [0, 0.05) is 23.2 Å². The number of rotatable bonds is 2. The van der Waals surface area contributed by atoms with E-state index < -0.39 is 0 Å². The van der Waals surface area contributed by atoms with Crippen molar-refractivity contribution in [3.63, 3.8) is 0 Å². The lowest BCUT2D eigenvalue weighted by Gasteiger charge is -2.24. The van der Waals surface area contributed by atoms with Crippen LogP contribution >= 0.6 is 11.6 Å². The lowest BCUT2D eigenvalue weighted by molar-refractivity contribution is 0.0930. The highest BCUT2D eigenvalue weighted by molar-refractivity contribution is 6.30. The molecule has 1 aliphatic rings. The van der Waals surface area contributed by atoms with E-state index in [9.17, 15) is 4.79 Å². The zero-order valence-corrected chi connectivity index (χ0v) is 10.7. The number of carbonyl (C=O) groups is 1. The van der Waals surface area contributed by atoms with Gasteiger partial charge in [0.2, 0.25) is 0 Å². The Morgan fingerprint density at radius 2 is 2.35 bits per heavy atom. The minimum Gasteiger partial charge on any atom is -0.348 e. The van der Waals surface area contributed by atoms with Crippen LogP contribution in [0.1, 0.15) is 28.8 Å². The Morgan fingerprint density at radius 1 is 1.53 bits per heavy atom. The van der Waals surface area contributed by atoms with Gasteiger partial charge in [-0.25, -0.2) is 0 Å². The summed E-state index contributed by atoms with van der Waals surface area (Å²) in [5, 5.41) is 7.00. The highest BCUT2D eigenvalue weighted by Crippen LogP contribution is 2.15. The molecule has 0 unspecified atom stereocenters. The van der Waals surface area contributed by atoms with E-state index in [-0.39, 0.29) is 11.9 Å². The summed E-state index contributed by atoms with van der Waals surface area (Å²) in [7, 11) is 0. The molecule has 3 nitrogen and oxygen atoms in total. The highest BCUT2D eigenvalue weighted by Gasteiger charge is 2.17. The molecule has 0 spiro atoms. The van der Waals surface area contributed by atoms with Crippen LogP contribution in [0.25, 0.3) is 0 Å². The molecule has 0 aliphatic carbocycles. The number of benzene rings is 1. The van der Waals surface area contributed by atoms with Crippen molar-refractivity contribution in [3.05, 3.63) is 34.3 Å². The molecule has 92 valence electrons. The van der Waals surface area contributed by atoms with Gasteiger partial charge in [0.1, 0.15) is 0 Å². The Bertz CT molecular complexity index is 414. The number of halogens is 1. The van der Waals surface area contributed by atoms with Crippen LogP contribution in [0.5, 0.6) is 0 Å². The monoisotopic (exact) mass is 252 g/mol. The first-order valence-corrected chi connectivity index (χ1v) is 6.32. The Balaban J connectivity index is 2.03. The van der Waals surface area contributed by atoms with Gasteiger partial charge in [-0.15, -0.1) is 0 Å². The molecule has 1 aromatic rings. The number of carbonyl (C=O) groups excluding carboxylic acids is 1. The standard InChI is InChI=1S/C13H17ClN2O/c1-9-7-10(14)4-5-12(9)13(17)16-11-3-2-6-15-8-11/h4-5,7,11,15H,2-3,6,8H2,1H3,(H,16,17)/t11-/m1/s1. The SMILES string of the molecule is Cc1cc(Cl)ccc1C(=O)N[C@@H]1CCCNC1. The minimum atomic E-state index is -0.00660. The van der Waals surface area contributed by atoms with E-state index in [0.717, 1.165) is 31.5 Å². The number of hydrogen-bond acceptors (Lipinski definition) is 2. The second kappa shape index (κ2) is 5.52. The molecule has 1 aliphatic heterocycles. The molecule has 0 saturated carbocycles. The number of nitrogens with one attached hydrogen (secondary N) is 2. The molecule has 0 bridgehead atoms. The largest absolute Gasteiger partial charge is 0.348 e. The number of piperidine rings is 1. The molecule has 2 rings (SSSR count). The molecule has 1 saturated heterocycles. The quantitative estimate of drug-likeness (QED) is 0.847. The van der Waals surface area contributed by atoms with Crippen LogP contribution in [0.2, 0.25) is 5.02 Å². The van der Waals surface area contributed by atoms with E-state index in [1.54, 1.807) is 12.1 Å². The van der Waals surface area contributed by atoms with E-state index in [2.05, 4.69) is 10.6 Å². The van der Waals surface area contributed by atoms with E-state index >= 15 is 0 Å². The minimum absolute atomic E-state index is 0.00660. The van der Waals surface area contributed by atoms with Gasteiger partial charge in [-0.3, -0.25) is 4.79 Å². The fourth-order valence-corrected chi connectivity index (χ4v) is 2.35. The second-order valence-electron chi connectivity index (χ2n) is 4.48. The summed E-state index contributed by atoms with van der Waals surface area (Å²) in [6, 6.07) is 5.59. The molecule has 2 N–H and O–H groups in total. The number of aryl methyl sites for hydroxylation is 1. The summed E-state index contributed by atoms with van der Waals surface area (Å²) < 4.78 is 0. The van der Waals surface area contributed by atoms with Crippen molar-refractivity contribution in [2.75, 3.05) is 13.1 Å². The molecule has 1 amide bonds. The molecule has 0 radical (unpaired) electrons. The van der Waals surface area contributed by atoms with Crippen molar-refractivity contribution in [2.24, 2.45) is 0 Å². The van der Waals surface area contributed by atoms with Crippen LogP contribution in [-0.4, -0.2) is 25.0 Å². The Hall–Kier alpha value is -1.06. The first-order valence-electron chi connectivity index (χ1n) is 5.94. The van der Waals surface area contributed by atoms with Gasteiger partial charge in [0.05, 0.1) is 0 Å². The average molecular weight is 253 g/mol. The van der Waals surface area contributed by atoms with Crippen molar-refractivity contribution in [2.45, 2.75) is 25.8 Å². The molecule has 1 atom stereocenters. The Kier molecular flexibility index (Phi) is 4.02. The highest BCUT2D eigenvalue weighted by atomic mass is 35.5. The van der Waals surface area contributed by atoms with Gasteiger partial charge in [-0.1, -0.05) is 11.6 Å². The van der Waals surface area contributed by atoms with Crippen LogP contribution in [0.4, 0.5) is 0 Å². The maximum absolute atomic E-state index is 12.1. The summed E-state index contributed by atoms with van der Waals surface area (Å²) in [5.41, 5.74) is 1.62. The zero-order valence-electron chi connectivity index (χ0n) is 9.92. The van der Waals surface area contributed by atoms with Crippen molar-refractivity contribution in [1.82, 2.24) is 10.6 Å². The van der Waals surface area contributed by atoms with Gasteiger partial charge in [0.15, 0.2) is 0 Å². The number of hydrogen-bond donors (Lipinski definition) is 2. The fraction of sp³-hybridized carbons (Fsp3) is 0.462. The number of amides is 1. The zero-order chi connectivity index (χ0) is 12.3. The summed E-state index contributed by atoms with van der Waals surface area (Å²) >= 11 is 5.87. The molecule has 1 fully saturated rings. The summed E-state index contributed by atoms with van der Waals surface area (Å²) in [4.78, 5) is 12.1. The molecule has 1 heterocycles.